The van der Waals surface area contributed by atoms with Crippen LogP contribution in [0.1, 0.15) is 23.4 Å². The highest BCUT2D eigenvalue weighted by atomic mass is 16.2. The van der Waals surface area contributed by atoms with Crippen molar-refractivity contribution in [3.05, 3.63) is 75.8 Å². The summed E-state index contributed by atoms with van der Waals surface area (Å²) in [5.41, 5.74) is 2.53. The van der Waals surface area contributed by atoms with E-state index in [1.54, 1.807) is 30.1 Å². The lowest BCUT2D eigenvalue weighted by atomic mass is 9.93. The number of likely N-dealkylation sites (N-methyl/N-ethyl adjacent to an activating group) is 1. The fourth-order valence-electron chi connectivity index (χ4n) is 3.81. The number of nitrogens with one attached hydrogen (secondary N) is 2. The summed E-state index contributed by atoms with van der Waals surface area (Å²) in [6, 6.07) is 14.4. The van der Waals surface area contributed by atoms with E-state index < -0.39 is 6.04 Å². The molecule has 1 aliphatic heterocycles. The number of carbonyl (C=O) groups is 2. The molecule has 2 aromatic carbocycles. The number of nitrogens with zero attached hydrogens (tertiary/aromatic N) is 2. The van der Waals surface area contributed by atoms with Crippen molar-refractivity contribution in [2.75, 3.05) is 7.05 Å². The molecule has 1 atom stereocenters. The smallest absolute Gasteiger partial charge is 0.258 e. The van der Waals surface area contributed by atoms with Crippen LogP contribution in [0.4, 0.5) is 0 Å². The van der Waals surface area contributed by atoms with Crippen molar-refractivity contribution < 1.29 is 9.59 Å². The predicted octanol–water partition coefficient (Wildman–Crippen LogP) is 1.56. The number of rotatable bonds is 4. The molecule has 4 rings (SSSR count). The Morgan fingerprint density at radius 1 is 1.14 bits per heavy atom. The fraction of sp³-hybridized carbons (Fsp3) is 0.273. The standard InChI is InChI=1S/C22H22N4O3/c1-23-22(29)18-12-14-6-2-3-7-15(14)13-26(18)20(27)11-10-19-24-17-9-5-4-8-16(17)21(28)25-19/h2-9,18H,10-13H2,1H3,(H,23,29)(H,24,25,28)/t18-/m1/s1. The predicted molar refractivity (Wildman–Crippen MR) is 109 cm³/mol. The van der Waals surface area contributed by atoms with Crippen LogP contribution in [-0.4, -0.2) is 39.8 Å². The van der Waals surface area contributed by atoms with E-state index in [2.05, 4.69) is 15.3 Å². The first-order valence-electron chi connectivity index (χ1n) is 9.62. The highest BCUT2D eigenvalue weighted by Gasteiger charge is 2.33. The molecule has 0 spiro atoms. The van der Waals surface area contributed by atoms with Gasteiger partial charge in [0.25, 0.3) is 5.56 Å². The number of carbonyl (C=O) groups excluding carboxylic acids is 2. The lowest BCUT2D eigenvalue weighted by Gasteiger charge is -2.35. The van der Waals surface area contributed by atoms with Crippen molar-refractivity contribution >= 4 is 22.7 Å². The van der Waals surface area contributed by atoms with Gasteiger partial charge in [0, 0.05) is 32.9 Å². The number of aromatic amines is 1. The second kappa shape index (κ2) is 7.87. The summed E-state index contributed by atoms with van der Waals surface area (Å²) in [7, 11) is 1.58. The first-order chi connectivity index (χ1) is 14.1. The van der Waals surface area contributed by atoms with Gasteiger partial charge in [-0.3, -0.25) is 14.4 Å². The molecule has 0 unspecified atom stereocenters. The second-order valence-electron chi connectivity index (χ2n) is 7.15. The molecule has 0 bridgehead atoms. The van der Waals surface area contributed by atoms with Crippen LogP contribution in [0.5, 0.6) is 0 Å². The van der Waals surface area contributed by atoms with Gasteiger partial charge >= 0.3 is 0 Å². The molecular formula is C22H22N4O3. The van der Waals surface area contributed by atoms with Crippen LogP contribution >= 0.6 is 0 Å². The summed E-state index contributed by atoms with van der Waals surface area (Å²) in [6.45, 7) is 0.398. The minimum Gasteiger partial charge on any atom is -0.357 e. The molecule has 0 fully saturated rings. The van der Waals surface area contributed by atoms with Crippen LogP contribution in [0.15, 0.2) is 53.3 Å². The summed E-state index contributed by atoms with van der Waals surface area (Å²) in [6.07, 6.45) is 0.959. The quantitative estimate of drug-likeness (QED) is 0.707. The van der Waals surface area contributed by atoms with Crippen LogP contribution < -0.4 is 10.9 Å². The molecule has 7 nitrogen and oxygen atoms in total. The summed E-state index contributed by atoms with van der Waals surface area (Å²) >= 11 is 0. The van der Waals surface area contributed by atoms with E-state index in [4.69, 9.17) is 0 Å². The Morgan fingerprint density at radius 2 is 1.86 bits per heavy atom. The van der Waals surface area contributed by atoms with E-state index in [0.29, 0.717) is 36.1 Å². The number of hydrogen-bond acceptors (Lipinski definition) is 4. The van der Waals surface area contributed by atoms with Crippen LogP contribution in [0.3, 0.4) is 0 Å². The minimum absolute atomic E-state index is 0.135. The SMILES string of the molecule is CNC(=O)[C@H]1Cc2ccccc2CN1C(=O)CCc1nc2ccccc2c(=O)[nH]1. The zero-order valence-electron chi connectivity index (χ0n) is 16.1. The highest BCUT2D eigenvalue weighted by molar-refractivity contribution is 5.88. The summed E-state index contributed by atoms with van der Waals surface area (Å²) in [5, 5.41) is 3.18. The Hall–Kier alpha value is -3.48. The number of aryl methyl sites for hydroxylation is 1. The third-order valence-electron chi connectivity index (χ3n) is 5.36. The van der Waals surface area contributed by atoms with E-state index in [1.165, 1.54) is 0 Å². The zero-order chi connectivity index (χ0) is 20.4. The van der Waals surface area contributed by atoms with Crippen molar-refractivity contribution in [3.63, 3.8) is 0 Å². The normalized spacial score (nSPS) is 15.8. The van der Waals surface area contributed by atoms with Crippen molar-refractivity contribution in [1.82, 2.24) is 20.2 Å². The van der Waals surface area contributed by atoms with Gasteiger partial charge in [0.1, 0.15) is 11.9 Å². The molecule has 148 valence electrons. The van der Waals surface area contributed by atoms with Crippen LogP contribution in [0, 0.1) is 0 Å². The first kappa shape index (κ1) is 18.9. The van der Waals surface area contributed by atoms with Crippen LogP contribution in [-0.2, 0) is 29.0 Å². The average Bonchev–Trinajstić information content (AvgIpc) is 2.76. The second-order valence-corrected chi connectivity index (χ2v) is 7.15. The van der Waals surface area contributed by atoms with Crippen LogP contribution in [0.25, 0.3) is 10.9 Å². The molecule has 0 saturated heterocycles. The first-order valence-corrected chi connectivity index (χ1v) is 9.62. The lowest BCUT2D eigenvalue weighted by Crippen LogP contribution is -2.52. The maximum absolute atomic E-state index is 13.0. The number of aromatic nitrogens is 2. The van der Waals surface area contributed by atoms with Crippen molar-refractivity contribution in [1.29, 1.82) is 0 Å². The van der Waals surface area contributed by atoms with Gasteiger partial charge in [-0.2, -0.15) is 0 Å². The summed E-state index contributed by atoms with van der Waals surface area (Å²) < 4.78 is 0. The molecule has 7 heteroatoms. The number of fused-ring (bicyclic) bond motifs is 2. The van der Waals surface area contributed by atoms with Gasteiger partial charge in [0.15, 0.2) is 0 Å². The topological polar surface area (TPSA) is 95.2 Å². The van der Waals surface area contributed by atoms with Crippen LogP contribution in [0.2, 0.25) is 0 Å². The van der Waals surface area contributed by atoms with Gasteiger partial charge in [0.05, 0.1) is 10.9 Å². The van der Waals surface area contributed by atoms with Crippen molar-refractivity contribution in [2.24, 2.45) is 0 Å². The maximum atomic E-state index is 13.0. The van der Waals surface area contributed by atoms with Gasteiger partial charge in [-0.05, 0) is 23.3 Å². The van der Waals surface area contributed by atoms with E-state index in [9.17, 15) is 14.4 Å². The molecule has 0 saturated carbocycles. The molecule has 1 aliphatic rings. The van der Waals surface area contributed by atoms with E-state index >= 15 is 0 Å². The monoisotopic (exact) mass is 390 g/mol. The van der Waals surface area contributed by atoms with E-state index in [1.807, 2.05) is 30.3 Å². The van der Waals surface area contributed by atoms with Crippen molar-refractivity contribution in [2.45, 2.75) is 31.8 Å². The molecule has 1 aromatic heterocycles. The summed E-state index contributed by atoms with van der Waals surface area (Å²) in [5.74, 6) is 0.157. The Labute approximate surface area is 167 Å². The Kier molecular flexibility index (Phi) is 5.12. The van der Waals surface area contributed by atoms with Gasteiger partial charge < -0.3 is 15.2 Å². The number of hydrogen-bond donors (Lipinski definition) is 2. The number of benzene rings is 2. The molecular weight excluding hydrogens is 368 g/mol. The van der Waals surface area contributed by atoms with Crippen molar-refractivity contribution in [3.8, 4) is 0 Å². The largest absolute Gasteiger partial charge is 0.357 e. The Balaban J connectivity index is 1.54. The average molecular weight is 390 g/mol. The number of para-hydroxylation sites is 1. The molecule has 0 radical (unpaired) electrons. The molecule has 2 heterocycles. The Bertz CT molecular complexity index is 1140. The minimum atomic E-state index is -0.536. The Morgan fingerprint density at radius 3 is 2.66 bits per heavy atom. The van der Waals surface area contributed by atoms with Gasteiger partial charge in [-0.25, -0.2) is 4.98 Å². The van der Waals surface area contributed by atoms with Gasteiger partial charge in [-0.15, -0.1) is 0 Å². The third kappa shape index (κ3) is 3.76. The summed E-state index contributed by atoms with van der Waals surface area (Å²) in [4.78, 5) is 46.4. The fourth-order valence-corrected chi connectivity index (χ4v) is 3.81. The lowest BCUT2D eigenvalue weighted by molar-refractivity contribution is -0.141. The van der Waals surface area contributed by atoms with Gasteiger partial charge in [0.2, 0.25) is 11.8 Å². The number of amides is 2. The van der Waals surface area contributed by atoms with E-state index in [0.717, 1.165) is 11.1 Å². The zero-order valence-corrected chi connectivity index (χ0v) is 16.1. The third-order valence-corrected chi connectivity index (χ3v) is 5.36. The molecule has 29 heavy (non-hydrogen) atoms. The molecule has 2 amide bonds. The highest BCUT2D eigenvalue weighted by Crippen LogP contribution is 2.24. The molecule has 3 aromatic rings. The number of H-pyrrole nitrogens is 1. The molecule has 2 N–H and O–H groups in total. The molecule has 0 aliphatic carbocycles. The maximum Gasteiger partial charge on any atom is 0.258 e. The van der Waals surface area contributed by atoms with E-state index in [-0.39, 0.29) is 23.8 Å². The van der Waals surface area contributed by atoms with Gasteiger partial charge in [-0.1, -0.05) is 36.4 Å².